The SMILES string of the molecule is Cc1ccc(-c2cn3c(N)nnc3c(N)n2)cc1. The van der Waals surface area contributed by atoms with Crippen LogP contribution in [0.1, 0.15) is 5.56 Å². The van der Waals surface area contributed by atoms with Gasteiger partial charge in [0, 0.05) is 11.8 Å². The minimum Gasteiger partial charge on any atom is -0.381 e. The first kappa shape index (κ1) is 10.5. The Morgan fingerprint density at radius 2 is 1.78 bits per heavy atom. The second-order valence-electron chi connectivity index (χ2n) is 4.13. The highest BCUT2D eigenvalue weighted by molar-refractivity contribution is 5.68. The van der Waals surface area contributed by atoms with Gasteiger partial charge in [0.2, 0.25) is 11.6 Å². The van der Waals surface area contributed by atoms with Gasteiger partial charge in [0.05, 0.1) is 5.69 Å². The van der Waals surface area contributed by atoms with Crippen molar-refractivity contribution in [2.24, 2.45) is 0 Å². The van der Waals surface area contributed by atoms with Gasteiger partial charge in [0.1, 0.15) is 0 Å². The maximum absolute atomic E-state index is 5.85. The Balaban J connectivity index is 2.23. The lowest BCUT2D eigenvalue weighted by Gasteiger charge is -2.04. The van der Waals surface area contributed by atoms with Crippen molar-refractivity contribution in [3.05, 3.63) is 36.0 Å². The number of benzene rings is 1. The van der Waals surface area contributed by atoms with Crippen LogP contribution in [-0.4, -0.2) is 19.6 Å². The minimum atomic E-state index is 0.299. The standard InChI is InChI=1S/C12H12N6/c1-7-2-4-8(5-3-7)9-6-18-11(10(13)15-9)16-17-12(18)14/h2-6H,1H3,(H2,13,15)(H2,14,17). The molecule has 0 bridgehead atoms. The molecule has 3 rings (SSSR count). The molecule has 3 aromatic rings. The third-order valence-electron chi connectivity index (χ3n) is 2.79. The molecule has 2 heterocycles. The Bertz CT molecular complexity index is 713. The second kappa shape index (κ2) is 3.69. The van der Waals surface area contributed by atoms with Crippen molar-refractivity contribution in [2.75, 3.05) is 11.5 Å². The molecule has 1 aromatic carbocycles. The number of nitrogens with zero attached hydrogens (tertiary/aromatic N) is 4. The van der Waals surface area contributed by atoms with Crippen LogP contribution in [0.4, 0.5) is 11.8 Å². The zero-order valence-corrected chi connectivity index (χ0v) is 9.83. The van der Waals surface area contributed by atoms with Gasteiger partial charge in [-0.3, -0.25) is 4.40 Å². The molecule has 0 aliphatic heterocycles. The van der Waals surface area contributed by atoms with Crippen LogP contribution in [0, 0.1) is 6.92 Å². The van der Waals surface area contributed by atoms with Crippen molar-refractivity contribution in [3.63, 3.8) is 0 Å². The molecule has 90 valence electrons. The molecule has 0 spiro atoms. The van der Waals surface area contributed by atoms with Crippen LogP contribution < -0.4 is 11.5 Å². The number of rotatable bonds is 1. The van der Waals surface area contributed by atoms with Crippen LogP contribution in [0.5, 0.6) is 0 Å². The Kier molecular flexibility index (Phi) is 2.16. The molecule has 18 heavy (non-hydrogen) atoms. The van der Waals surface area contributed by atoms with Gasteiger partial charge in [-0.15, -0.1) is 10.2 Å². The third-order valence-corrected chi connectivity index (χ3v) is 2.79. The predicted octanol–water partition coefficient (Wildman–Crippen LogP) is 1.26. The van der Waals surface area contributed by atoms with Gasteiger partial charge in [0.15, 0.2) is 5.82 Å². The Labute approximate surface area is 103 Å². The molecule has 0 atom stereocenters. The van der Waals surface area contributed by atoms with E-state index in [1.807, 2.05) is 31.2 Å². The van der Waals surface area contributed by atoms with Gasteiger partial charge in [-0.1, -0.05) is 29.8 Å². The van der Waals surface area contributed by atoms with Gasteiger partial charge in [-0.05, 0) is 6.92 Å². The van der Waals surface area contributed by atoms with Crippen LogP contribution in [0.2, 0.25) is 0 Å². The van der Waals surface area contributed by atoms with Crippen LogP contribution >= 0.6 is 0 Å². The Morgan fingerprint density at radius 1 is 1.06 bits per heavy atom. The van der Waals surface area contributed by atoms with Crippen LogP contribution in [-0.2, 0) is 0 Å². The maximum Gasteiger partial charge on any atom is 0.226 e. The van der Waals surface area contributed by atoms with E-state index in [-0.39, 0.29) is 0 Å². The van der Waals surface area contributed by atoms with Gasteiger partial charge in [0.25, 0.3) is 0 Å². The molecular weight excluding hydrogens is 228 g/mol. The molecule has 0 aliphatic rings. The summed E-state index contributed by atoms with van der Waals surface area (Å²) in [5, 5.41) is 7.64. The Hall–Kier alpha value is -2.63. The average molecular weight is 240 g/mol. The summed E-state index contributed by atoms with van der Waals surface area (Å²) in [5.41, 5.74) is 15.0. The van der Waals surface area contributed by atoms with E-state index in [1.54, 1.807) is 10.6 Å². The number of hydrogen-bond donors (Lipinski definition) is 2. The van der Waals surface area contributed by atoms with Gasteiger partial charge >= 0.3 is 0 Å². The molecule has 0 amide bonds. The maximum atomic E-state index is 5.85. The highest BCUT2D eigenvalue weighted by Gasteiger charge is 2.09. The van der Waals surface area contributed by atoms with E-state index in [1.165, 1.54) is 5.56 Å². The molecule has 6 heteroatoms. The van der Waals surface area contributed by atoms with Crippen LogP contribution in [0.3, 0.4) is 0 Å². The number of nitrogen functional groups attached to an aromatic ring is 2. The molecule has 0 fully saturated rings. The first-order valence-electron chi connectivity index (χ1n) is 5.49. The number of anilines is 2. The van der Waals surface area contributed by atoms with E-state index in [9.17, 15) is 0 Å². The molecule has 0 saturated carbocycles. The summed E-state index contributed by atoms with van der Waals surface area (Å²) in [6.07, 6.45) is 1.78. The van der Waals surface area contributed by atoms with Crippen molar-refractivity contribution in [3.8, 4) is 11.3 Å². The van der Waals surface area contributed by atoms with Crippen molar-refractivity contribution >= 4 is 17.4 Å². The second-order valence-corrected chi connectivity index (χ2v) is 4.13. The first-order valence-corrected chi connectivity index (χ1v) is 5.49. The van der Waals surface area contributed by atoms with Gasteiger partial charge < -0.3 is 11.5 Å². The van der Waals surface area contributed by atoms with Gasteiger partial charge in [-0.2, -0.15) is 0 Å². The van der Waals surface area contributed by atoms with Gasteiger partial charge in [-0.25, -0.2) is 4.98 Å². The topological polar surface area (TPSA) is 95.1 Å². The summed E-state index contributed by atoms with van der Waals surface area (Å²) >= 11 is 0. The molecule has 2 aromatic heterocycles. The van der Waals surface area contributed by atoms with Crippen molar-refractivity contribution < 1.29 is 0 Å². The fraction of sp³-hybridized carbons (Fsp3) is 0.0833. The molecule has 6 nitrogen and oxygen atoms in total. The van der Waals surface area contributed by atoms with Crippen LogP contribution in [0.15, 0.2) is 30.5 Å². The van der Waals surface area contributed by atoms with Crippen molar-refractivity contribution in [2.45, 2.75) is 6.92 Å². The van der Waals surface area contributed by atoms with Crippen molar-refractivity contribution in [1.82, 2.24) is 19.6 Å². The van der Waals surface area contributed by atoms with Crippen LogP contribution in [0.25, 0.3) is 16.9 Å². The summed E-state index contributed by atoms with van der Waals surface area (Å²) in [7, 11) is 0. The summed E-state index contributed by atoms with van der Waals surface area (Å²) in [4.78, 5) is 4.31. The lowest BCUT2D eigenvalue weighted by molar-refractivity contribution is 1.12. The lowest BCUT2D eigenvalue weighted by Crippen LogP contribution is -2.01. The monoisotopic (exact) mass is 240 g/mol. The fourth-order valence-electron chi connectivity index (χ4n) is 1.80. The number of aryl methyl sites for hydroxylation is 1. The third kappa shape index (κ3) is 1.55. The molecule has 0 radical (unpaired) electrons. The van der Waals surface area contributed by atoms with E-state index in [2.05, 4.69) is 15.2 Å². The fourth-order valence-corrected chi connectivity index (χ4v) is 1.80. The predicted molar refractivity (Wildman–Crippen MR) is 69.8 cm³/mol. The highest BCUT2D eigenvalue weighted by atomic mass is 15.3. The summed E-state index contributed by atoms with van der Waals surface area (Å²) in [5.74, 6) is 0.615. The zero-order chi connectivity index (χ0) is 12.7. The summed E-state index contributed by atoms with van der Waals surface area (Å²) < 4.78 is 1.64. The Morgan fingerprint density at radius 3 is 2.50 bits per heavy atom. The summed E-state index contributed by atoms with van der Waals surface area (Å²) in [6, 6.07) is 8.02. The first-order chi connectivity index (χ1) is 8.65. The number of aromatic nitrogens is 4. The lowest BCUT2D eigenvalue weighted by atomic mass is 10.1. The molecule has 0 saturated heterocycles. The number of hydrogen-bond acceptors (Lipinski definition) is 5. The van der Waals surface area contributed by atoms with E-state index in [0.717, 1.165) is 11.3 Å². The zero-order valence-electron chi connectivity index (χ0n) is 9.83. The molecule has 0 unspecified atom stereocenters. The van der Waals surface area contributed by atoms with E-state index in [0.29, 0.717) is 17.4 Å². The minimum absolute atomic E-state index is 0.299. The largest absolute Gasteiger partial charge is 0.381 e. The molecule has 0 aliphatic carbocycles. The molecule has 4 N–H and O–H groups in total. The smallest absolute Gasteiger partial charge is 0.226 e. The normalized spacial score (nSPS) is 10.9. The average Bonchev–Trinajstić information content (AvgIpc) is 2.73. The van der Waals surface area contributed by atoms with Crippen molar-refractivity contribution in [1.29, 1.82) is 0 Å². The van der Waals surface area contributed by atoms with E-state index in [4.69, 9.17) is 11.5 Å². The number of fused-ring (bicyclic) bond motifs is 1. The highest BCUT2D eigenvalue weighted by Crippen LogP contribution is 2.21. The number of nitrogens with two attached hydrogens (primary N) is 2. The summed E-state index contributed by atoms with van der Waals surface area (Å²) in [6.45, 7) is 2.03. The van der Waals surface area contributed by atoms with E-state index >= 15 is 0 Å². The quantitative estimate of drug-likeness (QED) is 0.667. The molecular formula is C12H12N6. The van der Waals surface area contributed by atoms with E-state index < -0.39 is 0 Å².